The van der Waals surface area contributed by atoms with Crippen LogP contribution in [0.1, 0.15) is 36.1 Å². The van der Waals surface area contributed by atoms with E-state index in [9.17, 15) is 4.79 Å². The molecule has 6 nitrogen and oxygen atoms in total. The molecule has 7 heteroatoms. The molecule has 1 amide bonds. The number of carbonyl (C=O) groups is 1. The van der Waals surface area contributed by atoms with Crippen molar-refractivity contribution in [2.75, 3.05) is 11.9 Å². The number of nitrogens with zero attached hydrogens (tertiary/aromatic N) is 3. The summed E-state index contributed by atoms with van der Waals surface area (Å²) in [5, 5.41) is 8.53. The second-order valence-electron chi connectivity index (χ2n) is 7.00. The average molecular weight is 404 g/mol. The molecule has 1 N–H and O–H groups in total. The van der Waals surface area contributed by atoms with Crippen LogP contribution in [0.15, 0.2) is 48.5 Å². The minimum Gasteiger partial charge on any atom is -0.494 e. The largest absolute Gasteiger partial charge is 0.494 e. The molecule has 29 heavy (non-hydrogen) atoms. The molecule has 5 rings (SSSR count). The number of amides is 1. The smallest absolute Gasteiger partial charge is 0.226 e. The van der Waals surface area contributed by atoms with Crippen molar-refractivity contribution < 1.29 is 9.53 Å². The summed E-state index contributed by atoms with van der Waals surface area (Å²) in [5.41, 5.74) is 3.85. The van der Waals surface area contributed by atoms with Crippen molar-refractivity contribution in [3.05, 3.63) is 65.4 Å². The third kappa shape index (κ3) is 2.98. The normalized spacial score (nSPS) is 15.9. The van der Waals surface area contributed by atoms with Gasteiger partial charge in [0.2, 0.25) is 11.0 Å². The molecule has 0 fully saturated rings. The molecule has 0 bridgehead atoms. The van der Waals surface area contributed by atoms with E-state index < -0.39 is 0 Å². The Morgan fingerprint density at radius 3 is 2.83 bits per heavy atom. The lowest BCUT2D eigenvalue weighted by Gasteiger charge is -2.25. The second kappa shape index (κ2) is 7.00. The molecule has 3 heterocycles. The van der Waals surface area contributed by atoms with Crippen LogP contribution in [0.5, 0.6) is 5.75 Å². The first-order chi connectivity index (χ1) is 14.2. The summed E-state index contributed by atoms with van der Waals surface area (Å²) in [6.45, 7) is 4.52. The maximum atomic E-state index is 12.6. The molecule has 146 valence electrons. The van der Waals surface area contributed by atoms with Crippen molar-refractivity contribution in [1.29, 1.82) is 0 Å². The summed E-state index contributed by atoms with van der Waals surface area (Å²) in [6, 6.07) is 15.9. The molecule has 1 atom stereocenters. The van der Waals surface area contributed by atoms with Gasteiger partial charge in [-0.15, -0.1) is 0 Å². The number of aryl methyl sites for hydroxylation is 1. The maximum Gasteiger partial charge on any atom is 0.226 e. The summed E-state index contributed by atoms with van der Waals surface area (Å²) in [4.78, 5) is 17.4. The third-order valence-electron chi connectivity index (χ3n) is 5.16. The van der Waals surface area contributed by atoms with Crippen molar-refractivity contribution in [2.24, 2.45) is 0 Å². The zero-order valence-corrected chi connectivity index (χ0v) is 17.0. The predicted molar refractivity (Wildman–Crippen MR) is 114 cm³/mol. The highest BCUT2D eigenvalue weighted by Gasteiger charge is 2.34. The molecule has 1 aliphatic rings. The van der Waals surface area contributed by atoms with Gasteiger partial charge in [0.05, 0.1) is 22.5 Å². The van der Waals surface area contributed by atoms with Crippen molar-refractivity contribution in [2.45, 2.75) is 26.2 Å². The van der Waals surface area contributed by atoms with Gasteiger partial charge in [0.15, 0.2) is 0 Å². The van der Waals surface area contributed by atoms with E-state index in [1.165, 1.54) is 0 Å². The number of fused-ring (bicyclic) bond motifs is 2. The summed E-state index contributed by atoms with van der Waals surface area (Å²) in [5.74, 6) is 1.38. The molecule has 4 aromatic rings. The minimum absolute atomic E-state index is 0.0314. The lowest BCUT2D eigenvalue weighted by atomic mass is 9.85. The average Bonchev–Trinajstić information content (AvgIpc) is 3.29. The SMILES string of the molecule is CCOc1ccccc1C1CC(=O)Nc2c1c(C)nn2-c1nc2ccccc2s1. The zero-order chi connectivity index (χ0) is 20.0. The molecule has 1 aliphatic heterocycles. The fourth-order valence-corrected chi connectivity index (χ4v) is 4.88. The van der Waals surface area contributed by atoms with Crippen molar-refractivity contribution in [3.63, 3.8) is 0 Å². The molecule has 2 aromatic carbocycles. The number of hydrogen-bond acceptors (Lipinski definition) is 5. The Morgan fingerprint density at radius 2 is 2.00 bits per heavy atom. The van der Waals surface area contributed by atoms with Gasteiger partial charge in [-0.05, 0) is 32.0 Å². The Bertz CT molecular complexity index is 1190. The molecular weight excluding hydrogens is 384 g/mol. The maximum absolute atomic E-state index is 12.6. The highest BCUT2D eigenvalue weighted by atomic mass is 32.1. The van der Waals surface area contributed by atoms with Gasteiger partial charge in [0.25, 0.3) is 0 Å². The lowest BCUT2D eigenvalue weighted by molar-refractivity contribution is -0.116. The molecule has 0 saturated heterocycles. The number of benzene rings is 2. The van der Waals surface area contributed by atoms with Gasteiger partial charge in [-0.25, -0.2) is 4.98 Å². The minimum atomic E-state index is -0.107. The number of carbonyl (C=O) groups excluding carboxylic acids is 1. The number of ether oxygens (including phenoxy) is 1. The van der Waals surface area contributed by atoms with Crippen LogP contribution < -0.4 is 10.1 Å². The third-order valence-corrected chi connectivity index (χ3v) is 6.17. The predicted octanol–water partition coefficient (Wildman–Crippen LogP) is 4.66. The van der Waals surface area contributed by atoms with Crippen LogP contribution in [0.4, 0.5) is 5.82 Å². The van der Waals surface area contributed by atoms with Crippen LogP contribution in [-0.4, -0.2) is 27.3 Å². The molecule has 0 saturated carbocycles. The van der Waals surface area contributed by atoms with Crippen molar-refractivity contribution in [1.82, 2.24) is 14.8 Å². The Hall–Kier alpha value is -3.19. The number of nitrogens with one attached hydrogen (secondary N) is 1. The van der Waals surface area contributed by atoms with E-state index in [0.717, 1.165) is 37.9 Å². The zero-order valence-electron chi connectivity index (χ0n) is 16.2. The first-order valence-electron chi connectivity index (χ1n) is 9.62. The molecule has 0 spiro atoms. The van der Waals surface area contributed by atoms with Crippen LogP contribution in [0.2, 0.25) is 0 Å². The summed E-state index contributed by atoms with van der Waals surface area (Å²) >= 11 is 1.56. The van der Waals surface area contributed by atoms with E-state index in [0.29, 0.717) is 18.8 Å². The van der Waals surface area contributed by atoms with E-state index in [-0.39, 0.29) is 11.8 Å². The van der Waals surface area contributed by atoms with Crippen LogP contribution in [0.3, 0.4) is 0 Å². The molecule has 0 aliphatic carbocycles. The first-order valence-corrected chi connectivity index (χ1v) is 10.4. The van der Waals surface area contributed by atoms with E-state index in [1.807, 2.05) is 62.4 Å². The van der Waals surface area contributed by atoms with Gasteiger partial charge < -0.3 is 10.1 Å². The number of aromatic nitrogens is 3. The van der Waals surface area contributed by atoms with E-state index in [4.69, 9.17) is 14.8 Å². The topological polar surface area (TPSA) is 69.0 Å². The highest BCUT2D eigenvalue weighted by molar-refractivity contribution is 7.20. The van der Waals surface area contributed by atoms with Crippen LogP contribution in [0.25, 0.3) is 15.3 Å². The summed E-state index contributed by atoms with van der Waals surface area (Å²) < 4.78 is 8.70. The Morgan fingerprint density at radius 1 is 1.21 bits per heavy atom. The standard InChI is InChI=1S/C22H20N4O2S/c1-3-28-17-10-6-4-8-14(17)15-12-19(27)24-21-20(15)13(2)25-26(21)22-23-16-9-5-7-11-18(16)29-22/h4-11,15H,3,12H2,1-2H3,(H,24,27). The van der Waals surface area contributed by atoms with Crippen molar-refractivity contribution >= 4 is 33.3 Å². The van der Waals surface area contributed by atoms with Gasteiger partial charge in [0.1, 0.15) is 11.6 Å². The van der Waals surface area contributed by atoms with Gasteiger partial charge in [0, 0.05) is 23.5 Å². The Kier molecular flexibility index (Phi) is 4.32. The fourth-order valence-electron chi connectivity index (χ4n) is 3.96. The van der Waals surface area contributed by atoms with Gasteiger partial charge in [-0.1, -0.05) is 41.7 Å². The van der Waals surface area contributed by atoms with Crippen LogP contribution in [-0.2, 0) is 4.79 Å². The lowest BCUT2D eigenvalue weighted by Crippen LogP contribution is -2.25. The molecule has 0 radical (unpaired) electrons. The summed E-state index contributed by atoms with van der Waals surface area (Å²) in [6.07, 6.45) is 0.365. The fraction of sp³-hybridized carbons (Fsp3) is 0.227. The molecule has 2 aromatic heterocycles. The van der Waals surface area contributed by atoms with Crippen molar-refractivity contribution in [3.8, 4) is 10.9 Å². The number of anilines is 1. The van der Waals surface area contributed by atoms with Gasteiger partial charge >= 0.3 is 0 Å². The van der Waals surface area contributed by atoms with E-state index in [2.05, 4.69) is 5.32 Å². The monoisotopic (exact) mass is 404 g/mol. The Labute approximate surface area is 172 Å². The number of hydrogen-bond donors (Lipinski definition) is 1. The van der Waals surface area contributed by atoms with Crippen LogP contribution >= 0.6 is 11.3 Å². The molecule has 1 unspecified atom stereocenters. The number of para-hydroxylation sites is 2. The summed E-state index contributed by atoms with van der Waals surface area (Å²) in [7, 11) is 0. The van der Waals surface area contributed by atoms with E-state index in [1.54, 1.807) is 16.0 Å². The highest BCUT2D eigenvalue weighted by Crippen LogP contribution is 2.43. The number of rotatable bonds is 4. The van der Waals surface area contributed by atoms with Crippen LogP contribution in [0, 0.1) is 6.92 Å². The Balaban J connectivity index is 1.67. The second-order valence-corrected chi connectivity index (χ2v) is 8.01. The van der Waals surface area contributed by atoms with Gasteiger partial charge in [-0.3, -0.25) is 4.79 Å². The quantitative estimate of drug-likeness (QED) is 0.537. The molecular formula is C22H20N4O2S. The first kappa shape index (κ1) is 17.9. The van der Waals surface area contributed by atoms with E-state index >= 15 is 0 Å². The van der Waals surface area contributed by atoms with Gasteiger partial charge in [-0.2, -0.15) is 9.78 Å². The number of thiazole rings is 1.